The Morgan fingerprint density at radius 3 is 2.50 bits per heavy atom. The molecule has 0 bridgehead atoms. The van der Waals surface area contributed by atoms with Gasteiger partial charge in [0.1, 0.15) is 11.8 Å². The molecule has 0 aliphatic carbocycles. The lowest BCUT2D eigenvalue weighted by Crippen LogP contribution is -2.51. The molecular weight excluding hydrogens is 425 g/mol. The Morgan fingerprint density at radius 2 is 1.90 bits per heavy atom. The zero-order valence-corrected chi connectivity index (χ0v) is 18.7. The molecular formula is C22H27Cl2N3O3. The first-order chi connectivity index (χ1) is 14.4. The molecule has 1 aliphatic heterocycles. The number of rotatable bonds is 8. The van der Waals surface area contributed by atoms with Crippen molar-refractivity contribution in [3.05, 3.63) is 58.0 Å². The summed E-state index contributed by atoms with van der Waals surface area (Å²) in [5, 5.41) is 6.50. The van der Waals surface area contributed by atoms with E-state index in [0.29, 0.717) is 11.6 Å². The van der Waals surface area contributed by atoms with E-state index in [1.807, 2.05) is 26.0 Å². The predicted molar refractivity (Wildman–Crippen MR) is 118 cm³/mol. The minimum Gasteiger partial charge on any atom is -0.468 e. The number of benzene rings is 1. The van der Waals surface area contributed by atoms with Gasteiger partial charge in [-0.2, -0.15) is 0 Å². The minimum atomic E-state index is -0.694. The van der Waals surface area contributed by atoms with Crippen molar-refractivity contribution in [1.82, 2.24) is 15.5 Å². The van der Waals surface area contributed by atoms with Gasteiger partial charge >= 0.3 is 0 Å². The zero-order chi connectivity index (χ0) is 21.7. The number of carbonyl (C=O) groups is 2. The van der Waals surface area contributed by atoms with E-state index in [1.54, 1.807) is 18.4 Å². The van der Waals surface area contributed by atoms with Gasteiger partial charge in [-0.05, 0) is 62.2 Å². The fourth-order valence-corrected chi connectivity index (χ4v) is 4.17. The number of hydrogen-bond acceptors (Lipinski definition) is 4. The third-order valence-electron chi connectivity index (χ3n) is 5.33. The highest BCUT2D eigenvalue weighted by molar-refractivity contribution is 6.36. The maximum absolute atomic E-state index is 13.0. The summed E-state index contributed by atoms with van der Waals surface area (Å²) < 4.78 is 5.61. The lowest BCUT2D eigenvalue weighted by atomic mass is 10.0. The molecule has 6 nitrogen and oxygen atoms in total. The van der Waals surface area contributed by atoms with Crippen LogP contribution in [0.5, 0.6) is 0 Å². The molecule has 3 rings (SSSR count). The molecule has 2 heterocycles. The van der Waals surface area contributed by atoms with Crippen LogP contribution in [0.4, 0.5) is 0 Å². The topological polar surface area (TPSA) is 74.6 Å². The zero-order valence-electron chi connectivity index (χ0n) is 17.2. The van der Waals surface area contributed by atoms with Crippen LogP contribution >= 0.6 is 23.2 Å². The molecule has 1 aromatic carbocycles. The van der Waals surface area contributed by atoms with Gasteiger partial charge in [0.15, 0.2) is 0 Å². The summed E-state index contributed by atoms with van der Waals surface area (Å²) in [6.45, 7) is 6.13. The summed E-state index contributed by atoms with van der Waals surface area (Å²) in [5.74, 6) is 0.0796. The highest BCUT2D eigenvalue weighted by Crippen LogP contribution is 2.25. The van der Waals surface area contributed by atoms with Gasteiger partial charge in [-0.1, -0.05) is 37.0 Å². The molecule has 0 saturated carbocycles. The van der Waals surface area contributed by atoms with E-state index in [1.165, 1.54) is 6.07 Å². The van der Waals surface area contributed by atoms with Crippen LogP contribution < -0.4 is 10.6 Å². The second kappa shape index (κ2) is 10.3. The van der Waals surface area contributed by atoms with Crippen LogP contribution in [0.15, 0.2) is 41.0 Å². The standard InChI is InChI=1S/C22H27Cl2N3O3/c1-14(2)20(26-21(28)16-8-7-15(23)12-17(16)24)22(29)25-13-18(19-6-5-11-30-19)27-9-3-4-10-27/h5-8,11-12,14,18,20H,3-4,9-10,13H2,1-2H3,(H,25,29)(H,26,28). The molecule has 30 heavy (non-hydrogen) atoms. The van der Waals surface area contributed by atoms with Gasteiger partial charge in [-0.25, -0.2) is 0 Å². The fraction of sp³-hybridized carbons (Fsp3) is 0.455. The van der Waals surface area contributed by atoms with Gasteiger partial charge < -0.3 is 15.1 Å². The average Bonchev–Trinajstić information content (AvgIpc) is 3.40. The summed E-state index contributed by atoms with van der Waals surface area (Å²) in [6, 6.07) is 7.71. The molecule has 2 unspecified atom stereocenters. The van der Waals surface area contributed by atoms with Crippen LogP contribution in [0.3, 0.4) is 0 Å². The van der Waals surface area contributed by atoms with E-state index in [4.69, 9.17) is 27.6 Å². The summed E-state index contributed by atoms with van der Waals surface area (Å²) in [4.78, 5) is 28.0. The van der Waals surface area contributed by atoms with Crippen LogP contribution in [0.2, 0.25) is 10.0 Å². The molecule has 2 atom stereocenters. The predicted octanol–water partition coefficient (Wildman–Crippen LogP) is 4.29. The Bertz CT molecular complexity index is 865. The largest absolute Gasteiger partial charge is 0.468 e. The Balaban J connectivity index is 1.66. The van der Waals surface area contributed by atoms with Crippen LogP contribution in [0, 0.1) is 5.92 Å². The lowest BCUT2D eigenvalue weighted by Gasteiger charge is -2.28. The quantitative estimate of drug-likeness (QED) is 0.627. The smallest absolute Gasteiger partial charge is 0.253 e. The molecule has 1 saturated heterocycles. The molecule has 2 amide bonds. The number of carbonyl (C=O) groups excluding carboxylic acids is 2. The lowest BCUT2D eigenvalue weighted by molar-refractivity contribution is -0.124. The van der Waals surface area contributed by atoms with Crippen molar-refractivity contribution in [1.29, 1.82) is 0 Å². The Morgan fingerprint density at radius 1 is 1.17 bits per heavy atom. The molecule has 162 valence electrons. The number of nitrogens with zero attached hydrogens (tertiary/aromatic N) is 1. The molecule has 2 aromatic rings. The monoisotopic (exact) mass is 451 g/mol. The van der Waals surface area contributed by atoms with Crippen molar-refractivity contribution < 1.29 is 14.0 Å². The Hall–Kier alpha value is -2.02. The minimum absolute atomic E-state index is 0.0272. The van der Waals surface area contributed by atoms with Crippen LogP contribution in [-0.2, 0) is 4.79 Å². The van der Waals surface area contributed by atoms with Crippen molar-refractivity contribution in [2.45, 2.75) is 38.8 Å². The van der Waals surface area contributed by atoms with Crippen molar-refractivity contribution in [3.8, 4) is 0 Å². The summed E-state index contributed by atoms with van der Waals surface area (Å²) in [6.07, 6.45) is 3.92. The molecule has 0 radical (unpaired) electrons. The molecule has 0 spiro atoms. The second-order valence-electron chi connectivity index (χ2n) is 7.84. The summed E-state index contributed by atoms with van der Waals surface area (Å²) in [7, 11) is 0. The van der Waals surface area contributed by atoms with Gasteiger partial charge in [0.2, 0.25) is 5.91 Å². The molecule has 2 N–H and O–H groups in total. The Kier molecular flexibility index (Phi) is 7.81. The summed E-state index contributed by atoms with van der Waals surface area (Å²) in [5.41, 5.74) is 0.282. The van der Waals surface area contributed by atoms with E-state index < -0.39 is 11.9 Å². The second-order valence-corrected chi connectivity index (χ2v) is 8.68. The third-order valence-corrected chi connectivity index (χ3v) is 5.88. The fourth-order valence-electron chi connectivity index (χ4n) is 3.68. The van der Waals surface area contributed by atoms with Crippen LogP contribution in [0.25, 0.3) is 0 Å². The molecule has 1 fully saturated rings. The van der Waals surface area contributed by atoms with Crippen molar-refractivity contribution in [2.24, 2.45) is 5.92 Å². The maximum Gasteiger partial charge on any atom is 0.253 e. The normalized spacial score (nSPS) is 16.4. The van der Waals surface area contributed by atoms with Crippen LogP contribution in [0.1, 0.15) is 48.8 Å². The van der Waals surface area contributed by atoms with Gasteiger partial charge in [0.05, 0.1) is 22.9 Å². The first kappa shape index (κ1) is 22.7. The number of hydrogen-bond donors (Lipinski definition) is 2. The first-order valence-electron chi connectivity index (χ1n) is 10.2. The van der Waals surface area contributed by atoms with Gasteiger partial charge in [0.25, 0.3) is 5.91 Å². The Labute approximate surface area is 186 Å². The highest BCUT2D eigenvalue weighted by Gasteiger charge is 2.29. The summed E-state index contributed by atoms with van der Waals surface area (Å²) >= 11 is 12.0. The van der Waals surface area contributed by atoms with E-state index in [9.17, 15) is 9.59 Å². The average molecular weight is 452 g/mol. The molecule has 1 aromatic heterocycles. The molecule has 1 aliphatic rings. The molecule has 8 heteroatoms. The number of halogens is 2. The van der Waals surface area contributed by atoms with E-state index in [2.05, 4.69) is 15.5 Å². The first-order valence-corrected chi connectivity index (χ1v) is 10.9. The van der Waals surface area contributed by atoms with Gasteiger partial charge in [-0.15, -0.1) is 0 Å². The van der Waals surface area contributed by atoms with Crippen LogP contribution in [-0.4, -0.2) is 42.4 Å². The SMILES string of the molecule is CC(C)C(NC(=O)c1ccc(Cl)cc1Cl)C(=O)NCC(c1ccco1)N1CCCC1. The van der Waals surface area contributed by atoms with Crippen molar-refractivity contribution in [3.63, 3.8) is 0 Å². The number of furan rings is 1. The van der Waals surface area contributed by atoms with Crippen molar-refractivity contribution in [2.75, 3.05) is 19.6 Å². The number of amides is 2. The van der Waals surface area contributed by atoms with E-state index >= 15 is 0 Å². The third kappa shape index (κ3) is 5.56. The van der Waals surface area contributed by atoms with E-state index in [-0.39, 0.29) is 28.5 Å². The number of nitrogens with one attached hydrogen (secondary N) is 2. The van der Waals surface area contributed by atoms with Crippen molar-refractivity contribution >= 4 is 35.0 Å². The number of likely N-dealkylation sites (tertiary alicyclic amines) is 1. The van der Waals surface area contributed by atoms with E-state index in [0.717, 1.165) is 31.7 Å². The maximum atomic E-state index is 13.0. The van der Waals surface area contributed by atoms with Gasteiger partial charge in [-0.3, -0.25) is 14.5 Å². The van der Waals surface area contributed by atoms with Gasteiger partial charge in [0, 0.05) is 11.6 Å². The highest BCUT2D eigenvalue weighted by atomic mass is 35.5.